The average Bonchev–Trinajstić information content (AvgIpc) is 3.78. The zero-order valence-corrected chi connectivity index (χ0v) is 39.9. The molecule has 0 radical (unpaired) electrons. The van der Waals surface area contributed by atoms with Crippen molar-refractivity contribution < 1.29 is 8.98 Å². The minimum atomic E-state index is -0.527. The minimum absolute atomic E-state index is 0.394. The highest BCUT2D eigenvalue weighted by atomic mass is 32.1. The molecule has 0 N–H and O–H groups in total. The number of hydrogen-bond acceptors (Lipinski definition) is 4. The van der Waals surface area contributed by atoms with Gasteiger partial charge in [0.25, 0.3) is 0 Å². The van der Waals surface area contributed by atoms with Crippen LogP contribution in [0.1, 0.15) is 10.4 Å². The van der Waals surface area contributed by atoms with Gasteiger partial charge >= 0.3 is 5.97 Å². The third kappa shape index (κ3) is 7.38. The first-order valence-electron chi connectivity index (χ1n) is 24.2. The van der Waals surface area contributed by atoms with E-state index in [0.29, 0.717) is 5.56 Å². The number of rotatable bonds is 9. The van der Waals surface area contributed by atoms with Crippen LogP contribution < -0.4 is 4.90 Å². The molecular formula is C67H44N2O2S. The number of thiol groups is 1. The van der Waals surface area contributed by atoms with E-state index in [-0.39, 0.29) is 0 Å². The van der Waals surface area contributed by atoms with Crippen LogP contribution in [0.5, 0.6) is 0 Å². The second kappa shape index (κ2) is 18.0. The molecule has 13 rings (SSSR count). The molecule has 1 heterocycles. The van der Waals surface area contributed by atoms with Crippen LogP contribution in [-0.2, 0) is 4.18 Å². The van der Waals surface area contributed by atoms with Crippen molar-refractivity contribution in [2.24, 2.45) is 0 Å². The number of anilines is 3. The lowest BCUT2D eigenvalue weighted by Crippen LogP contribution is -2.13. The van der Waals surface area contributed by atoms with E-state index >= 15 is 0 Å². The van der Waals surface area contributed by atoms with E-state index in [4.69, 9.17) is 4.18 Å². The Morgan fingerprint density at radius 2 is 0.861 bits per heavy atom. The Labute approximate surface area is 422 Å². The van der Waals surface area contributed by atoms with Gasteiger partial charge in [0.15, 0.2) is 0 Å². The summed E-state index contributed by atoms with van der Waals surface area (Å²) < 4.78 is 7.38. The Hall–Kier alpha value is -9.16. The molecule has 0 aliphatic heterocycles. The molecule has 1 aromatic heterocycles. The molecule has 5 heteroatoms. The second-order valence-corrected chi connectivity index (χ2v) is 18.4. The van der Waals surface area contributed by atoms with E-state index in [2.05, 4.69) is 265 Å². The number of hydrogen-bond donors (Lipinski definition) is 1. The standard InChI is InChI=1S/C67H44N2O2S/c70-67(71-72)51-22-13-23-52(40-51)68(66-59-29-11-9-27-57(59)65(58-28-10-12-30-60(58)66)48-34-32-47(33-35-48)56-31-14-21-46-20-7-8-26-55(46)56)53-24-15-25-54(43-53)69-63-38-36-49(44-16-3-1-4-17-44)41-61(63)62-42-50(37-39-64(62)69)45-18-5-2-6-19-45/h1-43,72H. The van der Waals surface area contributed by atoms with Gasteiger partial charge in [-0.15, -0.1) is 0 Å². The zero-order chi connectivity index (χ0) is 48.1. The fourth-order valence-electron chi connectivity index (χ4n) is 10.9. The first-order valence-corrected chi connectivity index (χ1v) is 24.5. The molecule has 0 amide bonds. The summed E-state index contributed by atoms with van der Waals surface area (Å²) in [6.45, 7) is 0. The molecule has 0 saturated heterocycles. The van der Waals surface area contributed by atoms with Crippen molar-refractivity contribution in [3.8, 4) is 50.2 Å². The van der Waals surface area contributed by atoms with Gasteiger partial charge in [0.2, 0.25) is 0 Å². The van der Waals surface area contributed by atoms with Crippen LogP contribution in [0, 0.1) is 0 Å². The van der Waals surface area contributed by atoms with Gasteiger partial charge in [-0.3, -0.25) is 0 Å². The first-order chi connectivity index (χ1) is 35.6. The SMILES string of the molecule is O=C(OS)c1cccc(N(c2cccc(-n3c4ccc(-c5ccccc5)cc4c4cc(-c5ccccc5)ccc43)c2)c2c3ccccc3c(-c3ccc(-c4cccc5ccccc45)cc3)c3ccccc23)c1. The molecule has 13 aromatic rings. The fraction of sp³-hybridized carbons (Fsp3) is 0. The predicted molar refractivity (Wildman–Crippen MR) is 304 cm³/mol. The highest BCUT2D eigenvalue weighted by Crippen LogP contribution is 2.49. The number of nitrogens with zero attached hydrogens (tertiary/aromatic N) is 2. The summed E-state index contributed by atoms with van der Waals surface area (Å²) >= 11 is 3.93. The third-order valence-corrected chi connectivity index (χ3v) is 14.3. The Bertz CT molecular complexity index is 4060. The molecule has 0 spiro atoms. The smallest absolute Gasteiger partial charge is 0.350 e. The molecule has 0 atom stereocenters. The summed E-state index contributed by atoms with van der Waals surface area (Å²) in [6, 6.07) is 92.6. The van der Waals surface area contributed by atoms with Crippen molar-refractivity contribution in [3.05, 3.63) is 266 Å². The molecular weight excluding hydrogens is 897 g/mol. The first kappa shape index (κ1) is 42.9. The van der Waals surface area contributed by atoms with Crippen molar-refractivity contribution in [1.82, 2.24) is 4.57 Å². The van der Waals surface area contributed by atoms with Gasteiger partial charge in [-0.2, -0.15) is 0 Å². The van der Waals surface area contributed by atoms with E-state index < -0.39 is 5.97 Å². The summed E-state index contributed by atoms with van der Waals surface area (Å²) in [4.78, 5) is 15.5. The van der Waals surface area contributed by atoms with E-state index in [1.807, 2.05) is 12.1 Å². The molecule has 12 aromatic carbocycles. The number of carbonyl (C=O) groups is 1. The largest absolute Gasteiger partial charge is 0.391 e. The zero-order valence-electron chi connectivity index (χ0n) is 39.0. The van der Waals surface area contributed by atoms with Crippen molar-refractivity contribution in [2.45, 2.75) is 0 Å². The number of fused-ring (bicyclic) bond motifs is 6. The summed E-state index contributed by atoms with van der Waals surface area (Å²) in [5.74, 6) is -0.527. The number of carbonyl (C=O) groups excluding carboxylic acids is 1. The van der Waals surface area contributed by atoms with Crippen LogP contribution in [0.4, 0.5) is 17.1 Å². The van der Waals surface area contributed by atoms with Crippen LogP contribution in [0.15, 0.2) is 261 Å². The van der Waals surface area contributed by atoms with Crippen LogP contribution >= 0.6 is 12.9 Å². The Morgan fingerprint density at radius 3 is 1.47 bits per heavy atom. The van der Waals surface area contributed by atoms with Gasteiger partial charge in [0.05, 0.1) is 22.3 Å². The maximum absolute atomic E-state index is 13.2. The lowest BCUT2D eigenvalue weighted by atomic mass is 9.89. The quantitative estimate of drug-likeness (QED) is 0.0889. The molecule has 340 valence electrons. The van der Waals surface area contributed by atoms with Gasteiger partial charge in [-0.25, -0.2) is 4.79 Å². The molecule has 72 heavy (non-hydrogen) atoms. The van der Waals surface area contributed by atoms with Crippen molar-refractivity contribution in [1.29, 1.82) is 0 Å². The highest BCUT2D eigenvalue weighted by molar-refractivity contribution is 7.75. The summed E-state index contributed by atoms with van der Waals surface area (Å²) in [5.41, 5.74) is 15.6. The van der Waals surface area contributed by atoms with Gasteiger partial charge in [-0.1, -0.05) is 200 Å². The molecule has 4 nitrogen and oxygen atoms in total. The molecule has 0 bridgehead atoms. The van der Waals surface area contributed by atoms with E-state index in [1.165, 1.54) is 43.8 Å². The second-order valence-electron chi connectivity index (χ2n) is 18.2. The highest BCUT2D eigenvalue weighted by Gasteiger charge is 2.24. The normalized spacial score (nSPS) is 11.5. The third-order valence-electron chi connectivity index (χ3n) is 14.1. The molecule has 0 aliphatic rings. The van der Waals surface area contributed by atoms with Gasteiger partial charge < -0.3 is 13.7 Å². The molecule has 0 fully saturated rings. The lowest BCUT2D eigenvalue weighted by Gasteiger charge is -2.30. The molecule has 0 unspecified atom stereocenters. The Kier molecular flexibility index (Phi) is 10.7. The van der Waals surface area contributed by atoms with Crippen LogP contribution in [0.25, 0.3) is 104 Å². The van der Waals surface area contributed by atoms with E-state index in [9.17, 15) is 4.79 Å². The number of aromatic nitrogens is 1. The Morgan fingerprint density at radius 1 is 0.375 bits per heavy atom. The van der Waals surface area contributed by atoms with Gasteiger partial charge in [-0.05, 0) is 127 Å². The topological polar surface area (TPSA) is 34.5 Å². The average molecular weight is 941 g/mol. The minimum Gasteiger partial charge on any atom is -0.391 e. The predicted octanol–water partition coefficient (Wildman–Crippen LogP) is 18.4. The Balaban J connectivity index is 1.03. The van der Waals surface area contributed by atoms with Gasteiger partial charge in [0, 0.05) is 51.5 Å². The van der Waals surface area contributed by atoms with Crippen LogP contribution in [0.3, 0.4) is 0 Å². The maximum Gasteiger partial charge on any atom is 0.350 e. The van der Waals surface area contributed by atoms with Crippen molar-refractivity contribution in [2.75, 3.05) is 4.90 Å². The van der Waals surface area contributed by atoms with E-state index in [0.717, 1.165) is 77.6 Å². The summed E-state index contributed by atoms with van der Waals surface area (Å²) in [5, 5.41) is 9.15. The van der Waals surface area contributed by atoms with Crippen molar-refractivity contribution in [3.63, 3.8) is 0 Å². The lowest BCUT2D eigenvalue weighted by molar-refractivity contribution is 0.0772. The summed E-state index contributed by atoms with van der Waals surface area (Å²) in [7, 11) is 0. The van der Waals surface area contributed by atoms with Crippen LogP contribution in [0.2, 0.25) is 0 Å². The molecule has 0 saturated carbocycles. The summed E-state index contributed by atoms with van der Waals surface area (Å²) in [6.07, 6.45) is 0. The fourth-order valence-corrected chi connectivity index (χ4v) is 11.0. The van der Waals surface area contributed by atoms with Gasteiger partial charge in [0.1, 0.15) is 0 Å². The molecule has 0 aliphatic carbocycles. The van der Waals surface area contributed by atoms with Crippen LogP contribution in [-0.4, -0.2) is 10.5 Å². The van der Waals surface area contributed by atoms with Crippen molar-refractivity contribution >= 4 is 90.1 Å². The maximum atomic E-state index is 13.2. The van der Waals surface area contributed by atoms with E-state index in [1.54, 1.807) is 6.07 Å². The number of benzene rings is 12. The monoisotopic (exact) mass is 940 g/mol.